The van der Waals surface area contributed by atoms with Gasteiger partial charge in [-0.2, -0.15) is 0 Å². The molecule has 8 heteroatoms. The lowest BCUT2D eigenvalue weighted by atomic mass is 10.1. The molecule has 0 fully saturated rings. The van der Waals surface area contributed by atoms with E-state index < -0.39 is 11.6 Å². The van der Waals surface area contributed by atoms with E-state index in [4.69, 9.17) is 20.8 Å². The van der Waals surface area contributed by atoms with Crippen molar-refractivity contribution in [2.75, 3.05) is 0 Å². The number of fused-ring (bicyclic) bond motifs is 2. The van der Waals surface area contributed by atoms with Crippen molar-refractivity contribution in [1.82, 2.24) is 14.6 Å². The molecule has 4 rings (SSSR count). The van der Waals surface area contributed by atoms with Crippen LogP contribution in [0.3, 0.4) is 0 Å². The Labute approximate surface area is 158 Å². The number of esters is 1. The van der Waals surface area contributed by atoms with Gasteiger partial charge >= 0.3 is 11.6 Å². The highest BCUT2D eigenvalue weighted by Crippen LogP contribution is 2.25. The maximum absolute atomic E-state index is 12.4. The minimum absolute atomic E-state index is 0.0838. The van der Waals surface area contributed by atoms with Crippen molar-refractivity contribution in [3.05, 3.63) is 74.5 Å². The molecule has 0 aliphatic rings. The number of aromatic nitrogens is 3. The third kappa shape index (κ3) is 3.17. The molecule has 3 aromatic heterocycles. The summed E-state index contributed by atoms with van der Waals surface area (Å²) in [4.78, 5) is 24.2. The second-order valence-electron chi connectivity index (χ2n) is 6.16. The average Bonchev–Trinajstić information content (AvgIpc) is 3.01. The summed E-state index contributed by atoms with van der Waals surface area (Å²) in [5.74, 6) is 0.140. The first-order chi connectivity index (χ1) is 12.9. The molecule has 0 aliphatic heterocycles. The van der Waals surface area contributed by atoms with Gasteiger partial charge in [-0.25, -0.2) is 9.59 Å². The van der Waals surface area contributed by atoms with E-state index in [9.17, 15) is 9.59 Å². The number of rotatable bonds is 3. The number of hydrogen-bond donors (Lipinski definition) is 0. The van der Waals surface area contributed by atoms with Crippen LogP contribution in [0.4, 0.5) is 0 Å². The van der Waals surface area contributed by atoms with Crippen molar-refractivity contribution in [3.63, 3.8) is 0 Å². The van der Waals surface area contributed by atoms with Gasteiger partial charge in [-0.1, -0.05) is 11.6 Å². The molecule has 3 heterocycles. The van der Waals surface area contributed by atoms with Crippen LogP contribution in [0.5, 0.6) is 0 Å². The zero-order chi connectivity index (χ0) is 19.1. The fraction of sp³-hybridized carbons (Fsp3) is 0.158. The van der Waals surface area contributed by atoms with Crippen LogP contribution in [0, 0.1) is 13.8 Å². The summed E-state index contributed by atoms with van der Waals surface area (Å²) in [5, 5.41) is 9.09. The standard InChI is InChI=1S/C19H14ClN3O4/c1-10-5-16-14(7-15(10)20)13(6-18(24)27-16)9-26-19(25)12-3-4-17-22-21-11(2)23(17)8-12/h3-8H,9H2,1-2H3. The predicted molar refractivity (Wildman–Crippen MR) is 99.1 cm³/mol. The van der Waals surface area contributed by atoms with Crippen LogP contribution in [-0.2, 0) is 11.3 Å². The molecule has 0 unspecified atom stereocenters. The third-order valence-electron chi connectivity index (χ3n) is 4.28. The molecule has 1 aromatic carbocycles. The van der Waals surface area contributed by atoms with Crippen molar-refractivity contribution in [3.8, 4) is 0 Å². The molecule has 0 aliphatic carbocycles. The Morgan fingerprint density at radius 2 is 2.04 bits per heavy atom. The van der Waals surface area contributed by atoms with Crippen LogP contribution in [0.15, 0.2) is 45.7 Å². The molecule has 0 radical (unpaired) electrons. The van der Waals surface area contributed by atoms with E-state index >= 15 is 0 Å². The van der Waals surface area contributed by atoms with Gasteiger partial charge in [0, 0.05) is 28.2 Å². The molecular weight excluding hydrogens is 370 g/mol. The minimum atomic E-state index is -0.524. The van der Waals surface area contributed by atoms with Crippen molar-refractivity contribution in [2.45, 2.75) is 20.5 Å². The van der Waals surface area contributed by atoms with Crippen LogP contribution in [0.2, 0.25) is 5.02 Å². The topological polar surface area (TPSA) is 86.7 Å². The largest absolute Gasteiger partial charge is 0.457 e. The maximum atomic E-state index is 12.4. The quantitative estimate of drug-likeness (QED) is 0.397. The van der Waals surface area contributed by atoms with E-state index in [-0.39, 0.29) is 6.61 Å². The van der Waals surface area contributed by atoms with Gasteiger partial charge in [0.1, 0.15) is 18.0 Å². The van der Waals surface area contributed by atoms with Gasteiger partial charge in [-0.05, 0) is 43.7 Å². The molecule has 0 N–H and O–H groups in total. The second kappa shape index (κ2) is 6.51. The van der Waals surface area contributed by atoms with Crippen molar-refractivity contribution < 1.29 is 13.9 Å². The summed E-state index contributed by atoms with van der Waals surface area (Å²) in [6.07, 6.45) is 1.62. The van der Waals surface area contributed by atoms with E-state index in [0.29, 0.717) is 38.6 Å². The summed E-state index contributed by atoms with van der Waals surface area (Å²) in [5.41, 5.74) is 2.19. The fourth-order valence-corrected chi connectivity index (χ4v) is 2.98. The molecule has 0 bridgehead atoms. The monoisotopic (exact) mass is 383 g/mol. The van der Waals surface area contributed by atoms with Gasteiger partial charge in [-0.3, -0.25) is 4.40 Å². The van der Waals surface area contributed by atoms with Crippen LogP contribution in [0.25, 0.3) is 16.6 Å². The van der Waals surface area contributed by atoms with Crippen LogP contribution < -0.4 is 5.63 Å². The molecule has 0 spiro atoms. The Morgan fingerprint density at radius 3 is 2.85 bits per heavy atom. The zero-order valence-corrected chi connectivity index (χ0v) is 15.3. The van der Waals surface area contributed by atoms with Gasteiger partial charge in [0.15, 0.2) is 5.65 Å². The van der Waals surface area contributed by atoms with Gasteiger partial charge in [0.25, 0.3) is 0 Å². The highest BCUT2D eigenvalue weighted by Gasteiger charge is 2.13. The molecule has 0 saturated heterocycles. The molecule has 136 valence electrons. The van der Waals surface area contributed by atoms with Gasteiger partial charge in [-0.15, -0.1) is 10.2 Å². The average molecular weight is 384 g/mol. The fourth-order valence-electron chi connectivity index (χ4n) is 2.82. The first kappa shape index (κ1) is 17.2. The highest BCUT2D eigenvalue weighted by molar-refractivity contribution is 6.32. The maximum Gasteiger partial charge on any atom is 0.339 e. The highest BCUT2D eigenvalue weighted by atomic mass is 35.5. The Balaban J connectivity index is 1.64. The van der Waals surface area contributed by atoms with E-state index in [1.165, 1.54) is 6.07 Å². The van der Waals surface area contributed by atoms with E-state index in [2.05, 4.69) is 10.2 Å². The lowest BCUT2D eigenvalue weighted by molar-refractivity contribution is 0.0473. The van der Waals surface area contributed by atoms with Crippen LogP contribution in [0.1, 0.15) is 27.3 Å². The lowest BCUT2D eigenvalue weighted by Gasteiger charge is -2.09. The number of benzene rings is 1. The first-order valence-electron chi connectivity index (χ1n) is 8.14. The minimum Gasteiger partial charge on any atom is -0.457 e. The second-order valence-corrected chi connectivity index (χ2v) is 6.56. The summed E-state index contributed by atoms with van der Waals surface area (Å²) in [6.45, 7) is 3.52. The number of ether oxygens (including phenoxy) is 1. The van der Waals surface area contributed by atoms with Crippen LogP contribution in [-0.4, -0.2) is 20.6 Å². The number of hydrogen-bond acceptors (Lipinski definition) is 6. The lowest BCUT2D eigenvalue weighted by Crippen LogP contribution is -2.09. The summed E-state index contributed by atoms with van der Waals surface area (Å²) >= 11 is 6.18. The van der Waals surface area contributed by atoms with Gasteiger partial charge < -0.3 is 9.15 Å². The van der Waals surface area contributed by atoms with Gasteiger partial charge in [0.2, 0.25) is 0 Å². The van der Waals surface area contributed by atoms with Crippen molar-refractivity contribution in [2.24, 2.45) is 0 Å². The Bertz CT molecular complexity index is 1260. The Hall–Kier alpha value is -3.19. The summed E-state index contributed by atoms with van der Waals surface area (Å²) in [6, 6.07) is 7.99. The smallest absolute Gasteiger partial charge is 0.339 e. The Kier molecular flexibility index (Phi) is 4.16. The predicted octanol–water partition coefficient (Wildman–Crippen LogP) is 3.46. The number of carbonyl (C=O) groups excluding carboxylic acids is 1. The summed E-state index contributed by atoms with van der Waals surface area (Å²) < 4.78 is 12.3. The molecule has 27 heavy (non-hydrogen) atoms. The molecule has 7 nitrogen and oxygen atoms in total. The van der Waals surface area contributed by atoms with Crippen molar-refractivity contribution >= 4 is 34.2 Å². The number of nitrogens with zero attached hydrogens (tertiary/aromatic N) is 3. The van der Waals surface area contributed by atoms with Crippen molar-refractivity contribution in [1.29, 1.82) is 0 Å². The third-order valence-corrected chi connectivity index (χ3v) is 4.68. The number of carbonyl (C=O) groups is 1. The van der Waals surface area contributed by atoms with E-state index in [0.717, 1.165) is 5.56 Å². The number of halogens is 1. The summed E-state index contributed by atoms with van der Waals surface area (Å²) in [7, 11) is 0. The number of aryl methyl sites for hydroxylation is 2. The Morgan fingerprint density at radius 1 is 1.22 bits per heavy atom. The van der Waals surface area contributed by atoms with E-state index in [1.54, 1.807) is 41.8 Å². The van der Waals surface area contributed by atoms with Crippen LogP contribution >= 0.6 is 11.6 Å². The van der Waals surface area contributed by atoms with Gasteiger partial charge in [0.05, 0.1) is 5.56 Å². The molecule has 4 aromatic rings. The number of pyridine rings is 1. The zero-order valence-electron chi connectivity index (χ0n) is 14.5. The first-order valence-corrected chi connectivity index (χ1v) is 8.51. The molecule has 0 amide bonds. The SMILES string of the molecule is Cc1cc2oc(=O)cc(COC(=O)c3ccc4nnc(C)n4c3)c2cc1Cl. The normalized spacial score (nSPS) is 11.2. The molecular formula is C19H14ClN3O4. The molecule has 0 saturated carbocycles. The van der Waals surface area contributed by atoms with E-state index in [1.807, 2.05) is 6.92 Å². The molecule has 0 atom stereocenters.